The predicted octanol–water partition coefficient (Wildman–Crippen LogP) is 4.38. The molecule has 2 heterocycles. The summed E-state index contributed by atoms with van der Waals surface area (Å²) in [6.07, 6.45) is -0.398. The van der Waals surface area contributed by atoms with Crippen molar-refractivity contribution in [3.8, 4) is 5.75 Å². The zero-order valence-corrected chi connectivity index (χ0v) is 18.3. The summed E-state index contributed by atoms with van der Waals surface area (Å²) in [4.78, 5) is 29.3. The summed E-state index contributed by atoms with van der Waals surface area (Å²) in [5.41, 5.74) is 1.36. The van der Waals surface area contributed by atoms with Gasteiger partial charge in [-0.15, -0.1) is 0 Å². The van der Waals surface area contributed by atoms with Crippen LogP contribution in [0, 0.1) is 0 Å². The van der Waals surface area contributed by atoms with Crippen molar-refractivity contribution >= 4 is 29.3 Å². The number of benzene rings is 2. The van der Waals surface area contributed by atoms with Gasteiger partial charge >= 0.3 is 6.09 Å². The van der Waals surface area contributed by atoms with E-state index in [2.05, 4.69) is 0 Å². The van der Waals surface area contributed by atoms with Crippen molar-refractivity contribution in [2.24, 2.45) is 0 Å². The largest absolute Gasteiger partial charge is 0.497 e. The Kier molecular flexibility index (Phi) is 4.93. The van der Waals surface area contributed by atoms with Crippen LogP contribution in [0.25, 0.3) is 0 Å². The van der Waals surface area contributed by atoms with Gasteiger partial charge in [-0.1, -0.05) is 29.8 Å². The molecule has 2 amide bonds. The zero-order valence-electron chi connectivity index (χ0n) is 17.6. The number of rotatable bonds is 3. The Morgan fingerprint density at radius 2 is 1.80 bits per heavy atom. The fraction of sp³-hybridized carbons (Fsp3) is 0.391. The van der Waals surface area contributed by atoms with Crippen molar-refractivity contribution in [1.29, 1.82) is 0 Å². The second-order valence-electron chi connectivity index (χ2n) is 8.82. The molecule has 0 aromatic heterocycles. The molecule has 1 saturated heterocycles. The van der Waals surface area contributed by atoms with E-state index >= 15 is 0 Å². The maximum atomic E-state index is 13.5. The third-order valence-electron chi connectivity index (χ3n) is 5.49. The smallest absolute Gasteiger partial charge is 0.410 e. The Balaban J connectivity index is 1.60. The number of anilines is 1. The minimum absolute atomic E-state index is 0.0182. The number of carbonyl (C=O) groups excluding carboxylic acids is 2. The number of methoxy groups -OCH3 is 1. The lowest BCUT2D eigenvalue weighted by Crippen LogP contribution is -2.65. The number of ether oxygens (including phenoxy) is 2. The van der Waals surface area contributed by atoms with E-state index in [0.717, 1.165) is 22.6 Å². The highest BCUT2D eigenvalue weighted by atomic mass is 35.5. The van der Waals surface area contributed by atoms with Gasteiger partial charge in [0.2, 0.25) is 5.91 Å². The van der Waals surface area contributed by atoms with E-state index in [0.29, 0.717) is 24.7 Å². The number of hydrogen-bond acceptors (Lipinski definition) is 4. The van der Waals surface area contributed by atoms with Crippen LogP contribution < -0.4 is 9.64 Å². The SMILES string of the molecule is COc1ccc(CN2C(=O)C3(CN(C(=O)OC(C)(C)C)C3)c3ccc(Cl)cc32)cc1. The highest BCUT2D eigenvalue weighted by Crippen LogP contribution is 2.49. The van der Waals surface area contributed by atoms with Gasteiger partial charge in [0.1, 0.15) is 16.8 Å². The second-order valence-corrected chi connectivity index (χ2v) is 9.26. The first-order valence-electron chi connectivity index (χ1n) is 9.86. The average molecular weight is 429 g/mol. The van der Waals surface area contributed by atoms with Gasteiger partial charge in [0.15, 0.2) is 0 Å². The van der Waals surface area contributed by atoms with E-state index in [1.807, 2.05) is 57.2 Å². The summed E-state index contributed by atoms with van der Waals surface area (Å²) in [7, 11) is 1.62. The van der Waals surface area contributed by atoms with Crippen molar-refractivity contribution < 1.29 is 19.1 Å². The molecule has 0 aliphatic carbocycles. The number of amides is 2. The van der Waals surface area contributed by atoms with Crippen LogP contribution in [0.3, 0.4) is 0 Å². The highest BCUT2D eigenvalue weighted by Gasteiger charge is 2.59. The van der Waals surface area contributed by atoms with E-state index in [1.54, 1.807) is 23.0 Å². The predicted molar refractivity (Wildman–Crippen MR) is 115 cm³/mol. The Bertz CT molecular complexity index is 991. The fourth-order valence-electron chi connectivity index (χ4n) is 4.05. The van der Waals surface area contributed by atoms with Crippen LogP contribution in [0.4, 0.5) is 10.5 Å². The van der Waals surface area contributed by atoms with Gasteiger partial charge < -0.3 is 19.3 Å². The molecule has 1 spiro atoms. The van der Waals surface area contributed by atoms with Gasteiger partial charge in [-0.25, -0.2) is 4.79 Å². The average Bonchev–Trinajstić information content (AvgIpc) is 2.88. The van der Waals surface area contributed by atoms with Gasteiger partial charge in [-0.2, -0.15) is 0 Å². The molecule has 0 N–H and O–H groups in total. The number of fused-ring (bicyclic) bond motifs is 2. The minimum atomic E-state index is -0.747. The van der Waals surface area contributed by atoms with Crippen LogP contribution in [-0.2, 0) is 21.5 Å². The molecule has 2 aromatic carbocycles. The maximum absolute atomic E-state index is 13.5. The Hall–Kier alpha value is -2.73. The van der Waals surface area contributed by atoms with Crippen LogP contribution >= 0.6 is 11.6 Å². The van der Waals surface area contributed by atoms with E-state index in [9.17, 15) is 9.59 Å². The summed E-state index contributed by atoms with van der Waals surface area (Å²) in [5.74, 6) is 0.744. The lowest BCUT2D eigenvalue weighted by molar-refractivity contribution is -0.129. The molecule has 0 radical (unpaired) electrons. The van der Waals surface area contributed by atoms with Crippen molar-refractivity contribution in [3.63, 3.8) is 0 Å². The Morgan fingerprint density at radius 3 is 2.40 bits per heavy atom. The van der Waals surface area contributed by atoms with E-state index in [-0.39, 0.29) is 5.91 Å². The monoisotopic (exact) mass is 428 g/mol. The minimum Gasteiger partial charge on any atom is -0.497 e. The first-order chi connectivity index (χ1) is 14.1. The molecule has 7 heteroatoms. The van der Waals surface area contributed by atoms with Crippen LogP contribution in [-0.4, -0.2) is 42.7 Å². The number of hydrogen-bond donors (Lipinski definition) is 0. The summed E-state index contributed by atoms with van der Waals surface area (Å²) in [6, 6.07) is 13.1. The van der Waals surface area contributed by atoms with Gasteiger partial charge in [-0.05, 0) is 56.2 Å². The molecule has 158 valence electrons. The molecule has 6 nitrogen and oxygen atoms in total. The lowest BCUT2D eigenvalue weighted by Gasteiger charge is -2.46. The molecule has 2 aromatic rings. The summed E-state index contributed by atoms with van der Waals surface area (Å²) < 4.78 is 10.7. The van der Waals surface area contributed by atoms with Crippen molar-refractivity contribution in [2.75, 3.05) is 25.1 Å². The maximum Gasteiger partial charge on any atom is 0.410 e. The highest BCUT2D eigenvalue weighted by molar-refractivity contribution is 6.31. The van der Waals surface area contributed by atoms with Crippen LogP contribution in [0.1, 0.15) is 31.9 Å². The molecular weight excluding hydrogens is 404 g/mol. The Labute approximate surface area is 181 Å². The number of halogens is 1. The van der Waals surface area contributed by atoms with Gasteiger partial charge in [0.05, 0.1) is 13.7 Å². The van der Waals surface area contributed by atoms with Gasteiger partial charge in [0.25, 0.3) is 0 Å². The van der Waals surface area contributed by atoms with Crippen molar-refractivity contribution in [1.82, 2.24) is 4.90 Å². The standard InChI is InChI=1S/C23H25ClN2O4/c1-22(2,3)30-21(28)25-13-23(14-25)18-10-7-16(24)11-19(18)26(20(23)27)12-15-5-8-17(29-4)9-6-15/h5-11H,12-14H2,1-4H3. The zero-order chi connectivity index (χ0) is 21.7. The molecule has 0 saturated carbocycles. The van der Waals surface area contributed by atoms with E-state index in [4.69, 9.17) is 21.1 Å². The summed E-state index contributed by atoms with van der Waals surface area (Å²) in [6.45, 7) is 6.51. The molecule has 2 aliphatic heterocycles. The van der Waals surface area contributed by atoms with Gasteiger partial charge in [0, 0.05) is 23.8 Å². The van der Waals surface area contributed by atoms with Crippen molar-refractivity contribution in [3.05, 3.63) is 58.6 Å². The lowest BCUT2D eigenvalue weighted by atomic mass is 9.75. The third kappa shape index (κ3) is 3.49. The third-order valence-corrected chi connectivity index (χ3v) is 5.73. The molecule has 1 fully saturated rings. The molecule has 0 bridgehead atoms. The van der Waals surface area contributed by atoms with Crippen LogP contribution in [0.15, 0.2) is 42.5 Å². The van der Waals surface area contributed by atoms with Crippen LogP contribution in [0.5, 0.6) is 5.75 Å². The normalized spacial score (nSPS) is 17.0. The molecular formula is C23H25ClN2O4. The first kappa shape index (κ1) is 20.5. The van der Waals surface area contributed by atoms with Crippen molar-refractivity contribution in [2.45, 2.75) is 38.3 Å². The number of carbonyl (C=O) groups is 2. The quantitative estimate of drug-likeness (QED) is 0.727. The summed E-state index contributed by atoms with van der Waals surface area (Å²) >= 11 is 6.25. The number of likely N-dealkylation sites (tertiary alicyclic amines) is 1. The second kappa shape index (κ2) is 7.20. The molecule has 0 atom stereocenters. The molecule has 30 heavy (non-hydrogen) atoms. The van der Waals surface area contributed by atoms with Crippen LogP contribution in [0.2, 0.25) is 5.02 Å². The first-order valence-corrected chi connectivity index (χ1v) is 10.2. The molecule has 2 aliphatic rings. The molecule has 0 unspecified atom stereocenters. The Morgan fingerprint density at radius 1 is 1.13 bits per heavy atom. The number of nitrogens with zero attached hydrogens (tertiary/aromatic N) is 2. The molecule has 4 rings (SSSR count). The van der Waals surface area contributed by atoms with Gasteiger partial charge in [-0.3, -0.25) is 4.79 Å². The summed E-state index contributed by atoms with van der Waals surface area (Å²) in [5, 5.41) is 0.571. The fourth-order valence-corrected chi connectivity index (χ4v) is 4.22. The van der Waals surface area contributed by atoms with E-state index in [1.165, 1.54) is 0 Å². The van der Waals surface area contributed by atoms with E-state index < -0.39 is 17.1 Å². The topological polar surface area (TPSA) is 59.1 Å².